The van der Waals surface area contributed by atoms with Crippen LogP contribution in [0.25, 0.3) is 0 Å². The summed E-state index contributed by atoms with van der Waals surface area (Å²) in [5, 5.41) is 2.86. The van der Waals surface area contributed by atoms with Gasteiger partial charge in [0, 0.05) is 49.8 Å². The van der Waals surface area contributed by atoms with Crippen LogP contribution in [0.1, 0.15) is 0 Å². The second-order valence-corrected chi connectivity index (χ2v) is 9.55. The topological polar surface area (TPSA) is 17.8 Å². The number of thioether (sulfide) groups is 2. The van der Waals surface area contributed by atoms with E-state index >= 15 is 0 Å². The molecule has 0 aliphatic carbocycles. The lowest BCUT2D eigenvalue weighted by atomic mass is 10.4. The van der Waals surface area contributed by atoms with Gasteiger partial charge in [0.1, 0.15) is 0 Å². The molecule has 1 unspecified atom stereocenters. The van der Waals surface area contributed by atoms with Crippen molar-refractivity contribution >= 4 is 69.9 Å². The minimum absolute atomic E-state index is 0.264. The van der Waals surface area contributed by atoms with E-state index in [1.54, 1.807) is 41.9 Å². The number of benzene rings is 2. The van der Waals surface area contributed by atoms with Crippen molar-refractivity contribution < 1.29 is 0 Å². The molecule has 1 atom stereocenters. The molecule has 0 bridgehead atoms. The minimum Gasteiger partial charge on any atom is -0.336 e. The van der Waals surface area contributed by atoms with Crippen LogP contribution in [0.5, 0.6) is 0 Å². The van der Waals surface area contributed by atoms with Crippen molar-refractivity contribution in [2.24, 2.45) is 0 Å². The average Bonchev–Trinajstić information content (AvgIpc) is 3.09. The predicted octanol–water partition coefficient (Wildman–Crippen LogP) is 7.45. The van der Waals surface area contributed by atoms with Crippen molar-refractivity contribution in [2.75, 3.05) is 5.75 Å². The monoisotopic (exact) mass is 462 g/mol. The van der Waals surface area contributed by atoms with Gasteiger partial charge in [-0.25, -0.2) is 4.98 Å². The summed E-state index contributed by atoms with van der Waals surface area (Å²) in [6.45, 7) is 0.807. The van der Waals surface area contributed by atoms with E-state index in [9.17, 15) is 0 Å². The Balaban J connectivity index is 1.74. The first-order valence-electron chi connectivity index (χ1n) is 7.66. The number of imidazole rings is 1. The second-order valence-electron chi connectivity index (χ2n) is 5.46. The van der Waals surface area contributed by atoms with Gasteiger partial charge >= 0.3 is 0 Å². The summed E-state index contributed by atoms with van der Waals surface area (Å²) < 4.78 is 2.06. The Morgan fingerprint density at radius 2 is 1.58 bits per heavy atom. The number of rotatable bonds is 7. The van der Waals surface area contributed by atoms with E-state index in [0.717, 1.165) is 22.1 Å². The molecule has 0 aliphatic heterocycles. The van der Waals surface area contributed by atoms with Crippen LogP contribution in [0.15, 0.2) is 64.9 Å². The summed E-state index contributed by atoms with van der Waals surface area (Å²) in [6, 6.07) is 11.1. The predicted molar refractivity (Wildman–Crippen MR) is 116 cm³/mol. The average molecular weight is 464 g/mol. The van der Waals surface area contributed by atoms with Crippen LogP contribution in [0.2, 0.25) is 20.1 Å². The maximum Gasteiger partial charge on any atom is 0.0946 e. The quantitative estimate of drug-likeness (QED) is 0.338. The fraction of sp³-hybridized carbons (Fsp3) is 0.167. The molecular formula is C18H14Cl4N2S2. The van der Waals surface area contributed by atoms with Gasteiger partial charge in [-0.05, 0) is 36.4 Å². The zero-order valence-corrected chi connectivity index (χ0v) is 18.1. The number of hydrogen-bond donors (Lipinski definition) is 0. The van der Waals surface area contributed by atoms with Gasteiger partial charge in [-0.1, -0.05) is 46.4 Å². The maximum absolute atomic E-state index is 6.35. The highest BCUT2D eigenvalue weighted by atomic mass is 35.5. The summed E-state index contributed by atoms with van der Waals surface area (Å²) in [5.74, 6) is 0.850. The van der Waals surface area contributed by atoms with Crippen molar-refractivity contribution in [2.45, 2.75) is 21.6 Å². The number of hydrogen-bond acceptors (Lipinski definition) is 3. The molecule has 26 heavy (non-hydrogen) atoms. The van der Waals surface area contributed by atoms with Crippen molar-refractivity contribution in [3.8, 4) is 0 Å². The Morgan fingerprint density at radius 1 is 0.923 bits per heavy atom. The van der Waals surface area contributed by atoms with Crippen molar-refractivity contribution in [3.05, 3.63) is 75.2 Å². The molecule has 0 fully saturated rings. The molecule has 3 aromatic rings. The number of aromatic nitrogens is 2. The Hall–Kier alpha value is -0.490. The van der Waals surface area contributed by atoms with E-state index in [1.165, 1.54) is 0 Å². The van der Waals surface area contributed by atoms with Gasteiger partial charge in [0.05, 0.1) is 16.4 Å². The molecule has 0 saturated carbocycles. The molecule has 2 nitrogen and oxygen atoms in total. The summed E-state index contributed by atoms with van der Waals surface area (Å²) in [4.78, 5) is 6.13. The second kappa shape index (κ2) is 9.63. The fourth-order valence-electron chi connectivity index (χ4n) is 2.28. The maximum atomic E-state index is 6.35. The largest absolute Gasteiger partial charge is 0.336 e. The van der Waals surface area contributed by atoms with Crippen molar-refractivity contribution in [1.29, 1.82) is 0 Å². The molecule has 3 rings (SSSR count). The number of nitrogens with zero attached hydrogens (tertiary/aromatic N) is 2. The lowest BCUT2D eigenvalue weighted by molar-refractivity contribution is 0.695. The molecule has 8 heteroatoms. The third-order valence-corrected chi connectivity index (χ3v) is 7.51. The van der Waals surface area contributed by atoms with Gasteiger partial charge < -0.3 is 4.57 Å². The number of halogens is 4. The third-order valence-electron chi connectivity index (χ3n) is 3.48. The van der Waals surface area contributed by atoms with E-state index < -0.39 is 0 Å². The van der Waals surface area contributed by atoms with Gasteiger partial charge in [-0.2, -0.15) is 0 Å². The first-order chi connectivity index (χ1) is 12.5. The Morgan fingerprint density at radius 3 is 2.15 bits per heavy atom. The third kappa shape index (κ3) is 5.75. The Labute approximate surface area is 181 Å². The first kappa shape index (κ1) is 20.2. The zero-order chi connectivity index (χ0) is 18.5. The fourth-order valence-corrected chi connectivity index (χ4v) is 5.63. The van der Waals surface area contributed by atoms with E-state index in [2.05, 4.69) is 9.55 Å². The van der Waals surface area contributed by atoms with Gasteiger partial charge in [0.15, 0.2) is 0 Å². The molecule has 2 aromatic carbocycles. The van der Waals surface area contributed by atoms with Gasteiger partial charge in [0.25, 0.3) is 0 Å². The molecule has 0 radical (unpaired) electrons. The molecule has 1 aromatic heterocycles. The zero-order valence-electron chi connectivity index (χ0n) is 13.4. The Kier molecular flexibility index (Phi) is 7.50. The summed E-state index contributed by atoms with van der Waals surface area (Å²) >= 11 is 28.0. The molecule has 136 valence electrons. The van der Waals surface area contributed by atoms with Crippen LogP contribution in [0.4, 0.5) is 0 Å². The van der Waals surface area contributed by atoms with Gasteiger partial charge in [-0.15, -0.1) is 23.5 Å². The summed E-state index contributed by atoms with van der Waals surface area (Å²) in [6.07, 6.45) is 5.55. The van der Waals surface area contributed by atoms with Crippen LogP contribution >= 0.6 is 69.9 Å². The molecule has 0 N–H and O–H groups in total. The lowest BCUT2D eigenvalue weighted by Crippen LogP contribution is -2.15. The molecule has 1 heterocycles. The van der Waals surface area contributed by atoms with E-state index in [-0.39, 0.29) is 5.25 Å². The first-order valence-corrected chi connectivity index (χ1v) is 11.0. The van der Waals surface area contributed by atoms with E-state index in [4.69, 9.17) is 46.4 Å². The smallest absolute Gasteiger partial charge is 0.0946 e. The highest BCUT2D eigenvalue weighted by molar-refractivity contribution is 8.03. The lowest BCUT2D eigenvalue weighted by Gasteiger charge is -2.18. The summed E-state index contributed by atoms with van der Waals surface area (Å²) in [5.41, 5.74) is 0. The van der Waals surface area contributed by atoms with E-state index in [1.807, 2.05) is 36.8 Å². The van der Waals surface area contributed by atoms with Crippen LogP contribution in [0, 0.1) is 0 Å². The van der Waals surface area contributed by atoms with E-state index in [0.29, 0.717) is 20.1 Å². The highest BCUT2D eigenvalue weighted by Gasteiger charge is 2.15. The van der Waals surface area contributed by atoms with Gasteiger partial charge in [0.2, 0.25) is 0 Å². The molecule has 0 aliphatic rings. The van der Waals surface area contributed by atoms with Crippen LogP contribution < -0.4 is 0 Å². The van der Waals surface area contributed by atoms with Crippen LogP contribution in [-0.2, 0) is 6.54 Å². The molecular weight excluding hydrogens is 450 g/mol. The standard InChI is InChI=1S/C18H14Cl4N2S2/c19-12-1-3-17(15(21)7-12)25-10-14(9-24-6-5-23-11-24)26-18-4-2-13(20)8-16(18)22/h1-8,11,14H,9-10H2. The van der Waals surface area contributed by atoms with Crippen molar-refractivity contribution in [3.63, 3.8) is 0 Å². The molecule has 0 spiro atoms. The van der Waals surface area contributed by atoms with Gasteiger partial charge in [-0.3, -0.25) is 0 Å². The van der Waals surface area contributed by atoms with Crippen molar-refractivity contribution in [1.82, 2.24) is 9.55 Å². The minimum atomic E-state index is 0.264. The highest BCUT2D eigenvalue weighted by Crippen LogP contribution is 2.37. The normalized spacial score (nSPS) is 12.3. The van der Waals surface area contributed by atoms with Crippen LogP contribution in [-0.4, -0.2) is 20.6 Å². The SMILES string of the molecule is Clc1ccc(SCC(Cn2ccnc2)Sc2ccc(Cl)cc2Cl)c(Cl)c1. The Bertz CT molecular complexity index is 872. The van der Waals surface area contributed by atoms with Crippen LogP contribution in [0.3, 0.4) is 0 Å². The summed E-state index contributed by atoms with van der Waals surface area (Å²) in [7, 11) is 0. The molecule has 0 saturated heterocycles. The molecule has 0 amide bonds.